The Balaban J connectivity index is 1.54. The average molecular weight is 497 g/mol. The van der Waals surface area contributed by atoms with Gasteiger partial charge in [0.15, 0.2) is 5.60 Å². The smallest absolute Gasteiger partial charge is 0.340 e. The van der Waals surface area contributed by atoms with Gasteiger partial charge in [0.1, 0.15) is 11.5 Å². The van der Waals surface area contributed by atoms with E-state index in [1.54, 1.807) is 0 Å². The van der Waals surface area contributed by atoms with Gasteiger partial charge in [0, 0.05) is 57.9 Å². The summed E-state index contributed by atoms with van der Waals surface area (Å²) in [5.41, 5.74) is 4.70. The lowest BCUT2D eigenvalue weighted by Crippen LogP contribution is -2.33. The molecular formula is C30H25ClN2O3. The maximum atomic E-state index is 13.1. The van der Waals surface area contributed by atoms with Gasteiger partial charge in [0.2, 0.25) is 0 Å². The summed E-state index contributed by atoms with van der Waals surface area (Å²) in [7, 11) is 0. The van der Waals surface area contributed by atoms with Gasteiger partial charge in [-0.3, -0.25) is 0 Å². The number of carbonyl (C=O) groups excluding carboxylic acids is 1. The summed E-state index contributed by atoms with van der Waals surface area (Å²) in [5, 5.41) is 4.10. The van der Waals surface area contributed by atoms with Crippen molar-refractivity contribution in [3.8, 4) is 11.5 Å². The Bertz CT molecular complexity index is 1480. The molecule has 1 N–H and O–H groups in total. The van der Waals surface area contributed by atoms with E-state index < -0.39 is 5.60 Å². The molecule has 1 spiro atoms. The standard InChI is InChI=1S/C30H25ClN2O3/c1-3-33(4-2)22-14-15-25-28(18-22)35-27-16-13-21(32-20-11-9-19(31)10-12-20)17-26(27)30(25)24-8-6-5-7-23(24)29(34)36-30/h5-18,32H,3-4H2,1-2H3. The third-order valence-electron chi connectivity index (χ3n) is 6.96. The second-order valence-electron chi connectivity index (χ2n) is 8.91. The largest absolute Gasteiger partial charge is 0.456 e. The van der Waals surface area contributed by atoms with Gasteiger partial charge in [-0.15, -0.1) is 0 Å². The molecule has 1 unspecified atom stereocenters. The Morgan fingerprint density at radius 1 is 0.806 bits per heavy atom. The summed E-state index contributed by atoms with van der Waals surface area (Å²) in [4.78, 5) is 15.4. The first-order chi connectivity index (χ1) is 17.5. The summed E-state index contributed by atoms with van der Waals surface area (Å²) in [6, 6.07) is 27.1. The molecule has 0 aromatic heterocycles. The number of nitrogens with one attached hydrogen (secondary N) is 1. The molecule has 180 valence electrons. The molecule has 0 amide bonds. The Morgan fingerprint density at radius 2 is 1.56 bits per heavy atom. The lowest BCUT2D eigenvalue weighted by atomic mass is 9.77. The normalized spacial score (nSPS) is 17.0. The number of rotatable bonds is 5. The molecule has 0 radical (unpaired) electrons. The molecule has 6 heteroatoms. The summed E-state index contributed by atoms with van der Waals surface area (Å²) >= 11 is 6.05. The maximum Gasteiger partial charge on any atom is 0.340 e. The first-order valence-corrected chi connectivity index (χ1v) is 12.5. The van der Waals surface area contributed by atoms with Crippen LogP contribution in [0.15, 0.2) is 84.9 Å². The van der Waals surface area contributed by atoms with Crippen LogP contribution in [0.1, 0.15) is 40.9 Å². The quantitative estimate of drug-likeness (QED) is 0.290. The van der Waals surface area contributed by atoms with Gasteiger partial charge >= 0.3 is 5.97 Å². The highest BCUT2D eigenvalue weighted by atomic mass is 35.5. The van der Waals surface area contributed by atoms with Gasteiger partial charge in [-0.05, 0) is 74.5 Å². The minimum absolute atomic E-state index is 0.340. The first kappa shape index (κ1) is 22.5. The summed E-state index contributed by atoms with van der Waals surface area (Å²) < 4.78 is 12.8. The van der Waals surface area contributed by atoms with Crippen molar-refractivity contribution in [1.82, 2.24) is 0 Å². The highest BCUT2D eigenvalue weighted by Crippen LogP contribution is 2.57. The van der Waals surface area contributed by atoms with Gasteiger partial charge < -0.3 is 19.7 Å². The van der Waals surface area contributed by atoms with E-state index in [9.17, 15) is 4.79 Å². The third-order valence-corrected chi connectivity index (χ3v) is 7.21. The second kappa shape index (κ2) is 8.61. The van der Waals surface area contributed by atoms with Gasteiger partial charge in [-0.2, -0.15) is 0 Å². The molecule has 2 aliphatic rings. The Morgan fingerprint density at radius 3 is 2.33 bits per heavy atom. The minimum Gasteiger partial charge on any atom is -0.456 e. The highest BCUT2D eigenvalue weighted by molar-refractivity contribution is 6.30. The zero-order chi connectivity index (χ0) is 24.9. The van der Waals surface area contributed by atoms with E-state index in [0.29, 0.717) is 22.1 Å². The minimum atomic E-state index is -1.10. The van der Waals surface area contributed by atoms with E-state index >= 15 is 0 Å². The Labute approximate surface area is 215 Å². The molecule has 2 aliphatic heterocycles. The molecule has 0 bridgehead atoms. The number of anilines is 3. The highest BCUT2D eigenvalue weighted by Gasteiger charge is 2.53. The van der Waals surface area contributed by atoms with E-state index in [1.807, 2.05) is 78.9 Å². The van der Waals surface area contributed by atoms with Crippen molar-refractivity contribution in [2.24, 2.45) is 0 Å². The molecule has 0 saturated heterocycles. The molecule has 36 heavy (non-hydrogen) atoms. The monoisotopic (exact) mass is 496 g/mol. The van der Waals surface area contributed by atoms with Crippen LogP contribution in [0.3, 0.4) is 0 Å². The number of fused-ring (bicyclic) bond motifs is 6. The van der Waals surface area contributed by atoms with E-state index in [4.69, 9.17) is 21.1 Å². The zero-order valence-electron chi connectivity index (χ0n) is 20.0. The van der Waals surface area contributed by atoms with Crippen LogP contribution in [-0.2, 0) is 10.3 Å². The maximum absolute atomic E-state index is 13.1. The van der Waals surface area contributed by atoms with Crippen molar-refractivity contribution in [2.45, 2.75) is 19.4 Å². The SMILES string of the molecule is CCN(CC)c1ccc2c(c1)Oc1ccc(Nc3ccc(Cl)cc3)cc1C21OC(=O)c2ccccc21. The number of nitrogens with zero attached hydrogens (tertiary/aromatic N) is 1. The Kier molecular flexibility index (Phi) is 5.38. The zero-order valence-corrected chi connectivity index (χ0v) is 20.8. The van der Waals surface area contributed by atoms with Gasteiger partial charge in [0.25, 0.3) is 0 Å². The molecule has 1 atom stereocenters. The van der Waals surface area contributed by atoms with Crippen LogP contribution in [0.25, 0.3) is 0 Å². The van der Waals surface area contributed by atoms with Crippen LogP contribution in [0.2, 0.25) is 5.02 Å². The topological polar surface area (TPSA) is 50.8 Å². The number of esters is 1. The molecule has 6 rings (SSSR count). The molecular weight excluding hydrogens is 472 g/mol. The number of halogens is 1. The summed E-state index contributed by atoms with van der Waals surface area (Å²) in [6.07, 6.45) is 0. The lowest BCUT2D eigenvalue weighted by molar-refractivity contribution is 0.0224. The number of carbonyl (C=O) groups is 1. The second-order valence-corrected chi connectivity index (χ2v) is 9.35. The Hall–Kier alpha value is -3.96. The summed E-state index contributed by atoms with van der Waals surface area (Å²) in [5.74, 6) is 1.01. The number of ether oxygens (including phenoxy) is 2. The van der Waals surface area contributed by atoms with Crippen molar-refractivity contribution in [3.63, 3.8) is 0 Å². The van der Waals surface area contributed by atoms with Crippen molar-refractivity contribution < 1.29 is 14.3 Å². The van der Waals surface area contributed by atoms with Crippen LogP contribution in [-0.4, -0.2) is 19.1 Å². The molecule has 0 aliphatic carbocycles. The van der Waals surface area contributed by atoms with Gasteiger partial charge in [-0.25, -0.2) is 4.79 Å². The van der Waals surface area contributed by atoms with Crippen molar-refractivity contribution >= 4 is 34.6 Å². The molecule has 5 nitrogen and oxygen atoms in total. The molecule has 2 heterocycles. The molecule has 0 saturated carbocycles. The molecule has 0 fully saturated rings. The van der Waals surface area contributed by atoms with Crippen LogP contribution in [0.5, 0.6) is 11.5 Å². The van der Waals surface area contributed by atoms with E-state index in [0.717, 1.165) is 46.8 Å². The van der Waals surface area contributed by atoms with E-state index in [2.05, 4.69) is 30.1 Å². The van der Waals surface area contributed by atoms with E-state index in [1.165, 1.54) is 0 Å². The molecule has 4 aromatic carbocycles. The summed E-state index contributed by atoms with van der Waals surface area (Å²) in [6.45, 7) is 6.03. The van der Waals surface area contributed by atoms with Crippen molar-refractivity contribution in [2.75, 3.05) is 23.3 Å². The predicted molar refractivity (Wildman–Crippen MR) is 143 cm³/mol. The average Bonchev–Trinajstić information content (AvgIpc) is 3.19. The van der Waals surface area contributed by atoms with Crippen LogP contribution in [0, 0.1) is 0 Å². The van der Waals surface area contributed by atoms with Gasteiger partial charge in [-0.1, -0.05) is 29.8 Å². The fourth-order valence-electron chi connectivity index (χ4n) is 5.22. The molecule has 4 aromatic rings. The van der Waals surface area contributed by atoms with Crippen LogP contribution >= 0.6 is 11.6 Å². The number of benzene rings is 4. The van der Waals surface area contributed by atoms with E-state index in [-0.39, 0.29) is 5.97 Å². The van der Waals surface area contributed by atoms with Crippen molar-refractivity contribution in [3.05, 3.63) is 112 Å². The fraction of sp³-hybridized carbons (Fsp3) is 0.167. The van der Waals surface area contributed by atoms with Crippen LogP contribution < -0.4 is 15.0 Å². The van der Waals surface area contributed by atoms with Crippen molar-refractivity contribution in [1.29, 1.82) is 0 Å². The van der Waals surface area contributed by atoms with Crippen LogP contribution in [0.4, 0.5) is 17.1 Å². The van der Waals surface area contributed by atoms with Gasteiger partial charge in [0.05, 0.1) is 5.56 Å². The predicted octanol–water partition coefficient (Wildman–Crippen LogP) is 7.50. The number of hydrogen-bond acceptors (Lipinski definition) is 5. The third kappa shape index (κ3) is 3.42. The number of hydrogen-bond donors (Lipinski definition) is 1. The lowest BCUT2D eigenvalue weighted by Gasteiger charge is -2.37. The first-order valence-electron chi connectivity index (χ1n) is 12.1. The fourth-order valence-corrected chi connectivity index (χ4v) is 5.35.